The molecule has 0 radical (unpaired) electrons. The van der Waals surface area contributed by atoms with Crippen LogP contribution in [0.2, 0.25) is 0 Å². The van der Waals surface area contributed by atoms with E-state index in [1.807, 2.05) is 6.92 Å². The highest BCUT2D eigenvalue weighted by molar-refractivity contribution is 7.47. The number of carbonyl (C=O) groups excluding carboxylic acids is 2. The molecule has 0 amide bonds. The maximum Gasteiger partial charge on any atom is 0.475 e. The molecule has 2 atom stereocenters. The summed E-state index contributed by atoms with van der Waals surface area (Å²) >= 11 is 0. The molecule has 0 aliphatic carbocycles. The Morgan fingerprint density at radius 1 is 0.828 bits per heavy atom. The molecule has 0 aliphatic heterocycles. The Balaban J connectivity index is 4.13. The van der Waals surface area contributed by atoms with Crippen LogP contribution >= 0.6 is 15.6 Å². The van der Waals surface area contributed by atoms with Crippen LogP contribution in [0.25, 0.3) is 0 Å². The number of ether oxygens (including phenoxy) is 3. The van der Waals surface area contributed by atoms with E-state index >= 15 is 0 Å². The van der Waals surface area contributed by atoms with Crippen molar-refractivity contribution in [1.82, 2.24) is 0 Å². The molecule has 0 rings (SSSR count). The van der Waals surface area contributed by atoms with Crippen molar-refractivity contribution < 1.29 is 60.8 Å². The fourth-order valence-corrected chi connectivity index (χ4v) is 3.28. The van der Waals surface area contributed by atoms with Crippen molar-refractivity contribution in [3.63, 3.8) is 0 Å². The van der Waals surface area contributed by atoms with E-state index in [9.17, 15) is 28.5 Å². The Bertz CT molecular complexity index is 488. The third kappa shape index (κ3) is 17.7. The van der Waals surface area contributed by atoms with E-state index in [0.717, 1.165) is 0 Å². The second-order valence-corrected chi connectivity index (χ2v) is 8.34. The van der Waals surface area contributed by atoms with Crippen molar-refractivity contribution in [2.24, 2.45) is 5.92 Å². The van der Waals surface area contributed by atoms with Crippen LogP contribution in [0.1, 0.15) is 32.6 Å². The van der Waals surface area contributed by atoms with E-state index in [1.165, 1.54) is 0 Å². The summed E-state index contributed by atoms with van der Waals surface area (Å²) in [5.41, 5.74) is 0. The minimum Gasteiger partial charge on any atom is -0.440 e. The minimum absolute atomic E-state index is 0.0527. The van der Waals surface area contributed by atoms with Crippen molar-refractivity contribution >= 4 is 28.6 Å². The average molecular weight is 466 g/mol. The number of hydrogen-bond acceptors (Lipinski definition) is 11. The lowest BCUT2D eigenvalue weighted by molar-refractivity contribution is -0.136. The summed E-state index contributed by atoms with van der Waals surface area (Å²) in [4.78, 5) is 38.6. The Kier molecular flexibility index (Phi) is 16.4. The van der Waals surface area contributed by atoms with Gasteiger partial charge in [0.2, 0.25) is 13.6 Å². The monoisotopic (exact) mass is 466 g/mol. The van der Waals surface area contributed by atoms with Gasteiger partial charge in [-0.25, -0.2) is 18.2 Å². The predicted molar refractivity (Wildman–Crippen MR) is 96.2 cm³/mol. The van der Waals surface area contributed by atoms with Gasteiger partial charge >= 0.3 is 15.6 Å². The summed E-state index contributed by atoms with van der Waals surface area (Å²) in [6, 6.07) is 0. The van der Waals surface area contributed by atoms with Gasteiger partial charge in [-0.15, -0.1) is 0 Å². The van der Waals surface area contributed by atoms with Crippen LogP contribution in [0.5, 0.6) is 0 Å². The van der Waals surface area contributed by atoms with E-state index in [-0.39, 0.29) is 32.1 Å². The van der Waals surface area contributed by atoms with Crippen LogP contribution in [0.3, 0.4) is 0 Å². The Hall–Kier alpha value is -0.880. The van der Waals surface area contributed by atoms with Gasteiger partial charge < -0.3 is 24.0 Å². The molecular formula is C14H28O13P2. The first-order chi connectivity index (χ1) is 13.8. The van der Waals surface area contributed by atoms with Gasteiger partial charge in [0.25, 0.3) is 12.9 Å². The zero-order chi connectivity index (χ0) is 22.0. The molecule has 29 heavy (non-hydrogen) atoms. The normalized spacial score (nSPS) is 16.4. The van der Waals surface area contributed by atoms with Gasteiger partial charge in [0.1, 0.15) is 0 Å². The topological polar surface area (TPSA) is 173 Å². The van der Waals surface area contributed by atoms with Crippen LogP contribution in [0.15, 0.2) is 0 Å². The van der Waals surface area contributed by atoms with Gasteiger partial charge in [0.15, 0.2) is 0 Å². The molecule has 0 aromatic rings. The first-order valence-corrected chi connectivity index (χ1v) is 11.7. The van der Waals surface area contributed by atoms with E-state index in [4.69, 9.17) is 13.8 Å². The second kappa shape index (κ2) is 16.9. The molecule has 172 valence electrons. The van der Waals surface area contributed by atoms with Crippen LogP contribution in [0, 0.1) is 5.92 Å². The van der Waals surface area contributed by atoms with Gasteiger partial charge in [-0.1, -0.05) is 0 Å². The number of carbonyl (C=O) groups is 2. The summed E-state index contributed by atoms with van der Waals surface area (Å²) in [5, 5.41) is 0. The van der Waals surface area contributed by atoms with Crippen LogP contribution in [0.4, 0.5) is 0 Å². The van der Waals surface area contributed by atoms with Crippen LogP contribution in [-0.2, 0) is 51.0 Å². The van der Waals surface area contributed by atoms with Crippen molar-refractivity contribution in [2.75, 3.05) is 40.0 Å². The smallest absolute Gasteiger partial charge is 0.440 e. The van der Waals surface area contributed by atoms with Gasteiger partial charge in [0.05, 0.1) is 13.2 Å². The maximum atomic E-state index is 11.5. The molecule has 0 aromatic carbocycles. The fraction of sp³-hybridized carbons (Fsp3) is 0.857. The molecule has 0 fully saturated rings. The lowest BCUT2D eigenvalue weighted by Gasteiger charge is -2.18. The molecule has 0 aliphatic rings. The zero-order valence-corrected chi connectivity index (χ0v) is 17.9. The molecule has 0 saturated heterocycles. The van der Waals surface area contributed by atoms with E-state index < -0.39 is 29.2 Å². The van der Waals surface area contributed by atoms with Gasteiger partial charge in [-0.2, -0.15) is 0 Å². The zero-order valence-electron chi connectivity index (χ0n) is 16.1. The molecule has 15 heteroatoms. The Morgan fingerprint density at radius 3 is 1.66 bits per heavy atom. The average Bonchev–Trinajstić information content (AvgIpc) is 2.66. The quantitative estimate of drug-likeness (QED) is 0.108. The molecule has 2 N–H and O–H groups in total. The van der Waals surface area contributed by atoms with Crippen molar-refractivity contribution in [2.45, 2.75) is 32.6 Å². The molecule has 0 bridgehead atoms. The highest BCUT2D eigenvalue weighted by atomic mass is 31.2. The summed E-state index contributed by atoms with van der Waals surface area (Å²) in [7, 11) is -8.60. The summed E-state index contributed by atoms with van der Waals surface area (Å²) < 4.78 is 55.0. The lowest BCUT2D eigenvalue weighted by atomic mass is 9.99. The SMILES string of the molecule is CCOCC(CCCOP(=O)(O)OCOC=O)CCCOP(=O)(O)OCOC=O. The first-order valence-electron chi connectivity index (χ1n) is 8.68. The molecule has 0 saturated carbocycles. The Labute approximate surface area is 168 Å². The highest BCUT2D eigenvalue weighted by Crippen LogP contribution is 2.44. The molecule has 0 spiro atoms. The summed E-state index contributed by atoms with van der Waals surface area (Å²) in [5.74, 6) is 0.0527. The van der Waals surface area contributed by atoms with Crippen molar-refractivity contribution in [3.05, 3.63) is 0 Å². The lowest BCUT2D eigenvalue weighted by Crippen LogP contribution is -2.12. The van der Waals surface area contributed by atoms with Gasteiger partial charge in [0, 0.05) is 13.2 Å². The standard InChI is InChI=1S/C14H28O13P2/c1-2-21-9-14(5-3-7-24-28(17,18)26-12-22-10-15)6-4-8-25-29(19,20)27-13-23-11-16/h10-11,14H,2-9,12-13H2,1H3,(H,17,18)(H,19,20). The van der Waals surface area contributed by atoms with Gasteiger partial charge in [-0.3, -0.25) is 18.6 Å². The van der Waals surface area contributed by atoms with E-state index in [1.54, 1.807) is 0 Å². The van der Waals surface area contributed by atoms with Crippen LogP contribution < -0.4 is 0 Å². The van der Waals surface area contributed by atoms with E-state index in [2.05, 4.69) is 18.5 Å². The predicted octanol–water partition coefficient (Wildman–Crippen LogP) is 1.73. The molecule has 13 nitrogen and oxygen atoms in total. The first kappa shape index (κ1) is 28.1. The molecule has 0 heterocycles. The summed E-state index contributed by atoms with van der Waals surface area (Å²) in [6.45, 7) is 1.41. The molecule has 0 aromatic heterocycles. The molecule has 2 unspecified atom stereocenters. The van der Waals surface area contributed by atoms with Gasteiger partial charge in [-0.05, 0) is 38.5 Å². The Morgan fingerprint density at radius 2 is 1.28 bits per heavy atom. The van der Waals surface area contributed by atoms with Crippen molar-refractivity contribution in [1.29, 1.82) is 0 Å². The van der Waals surface area contributed by atoms with E-state index in [0.29, 0.717) is 38.9 Å². The largest absolute Gasteiger partial charge is 0.475 e. The number of hydrogen-bond donors (Lipinski definition) is 2. The van der Waals surface area contributed by atoms with Crippen molar-refractivity contribution in [3.8, 4) is 0 Å². The highest BCUT2D eigenvalue weighted by Gasteiger charge is 2.22. The maximum absolute atomic E-state index is 11.5. The number of phosphoric acid groups is 2. The third-order valence-electron chi connectivity index (χ3n) is 3.28. The molecular weight excluding hydrogens is 438 g/mol. The minimum atomic E-state index is -4.30. The van der Waals surface area contributed by atoms with Crippen LogP contribution in [-0.4, -0.2) is 62.7 Å². The fourth-order valence-electron chi connectivity index (χ4n) is 2.02. The second-order valence-electron chi connectivity index (χ2n) is 5.43. The summed E-state index contributed by atoms with van der Waals surface area (Å²) in [6.07, 6.45) is 2.02. The number of phosphoric ester groups is 2. The third-order valence-corrected chi connectivity index (χ3v) is 5.16. The number of rotatable bonds is 21.